The molecule has 0 N–H and O–H groups in total. The summed E-state index contributed by atoms with van der Waals surface area (Å²) >= 11 is 0. The molecule has 1 aromatic carbocycles. The molecule has 0 aromatic heterocycles. The number of hydrogen-bond acceptors (Lipinski definition) is 4. The molecule has 1 amide bonds. The topological polar surface area (TPSA) is 48.0 Å². The first-order valence-electron chi connectivity index (χ1n) is 7.75. The van der Waals surface area contributed by atoms with Crippen LogP contribution in [0.5, 0.6) is 5.75 Å². The van der Waals surface area contributed by atoms with Gasteiger partial charge < -0.3 is 19.1 Å². The molecule has 126 valence electrons. The molecule has 3 rings (SSSR count). The highest BCUT2D eigenvalue weighted by Crippen LogP contribution is 2.25. The van der Waals surface area contributed by atoms with E-state index in [0.717, 1.165) is 31.4 Å². The number of amides is 1. The van der Waals surface area contributed by atoms with Crippen molar-refractivity contribution in [1.29, 1.82) is 0 Å². The molecule has 2 aliphatic heterocycles. The lowest BCUT2D eigenvalue weighted by Crippen LogP contribution is -2.51. The van der Waals surface area contributed by atoms with E-state index in [1.165, 1.54) is 6.07 Å². The third-order valence-corrected chi connectivity index (χ3v) is 4.08. The highest BCUT2D eigenvalue weighted by atomic mass is 19.1. The van der Waals surface area contributed by atoms with E-state index in [0.29, 0.717) is 19.8 Å². The molecule has 0 saturated carbocycles. The predicted molar refractivity (Wildman–Crippen MR) is 76.9 cm³/mol. The maximum atomic E-state index is 13.5. The van der Waals surface area contributed by atoms with Crippen LogP contribution in [-0.2, 0) is 14.3 Å². The van der Waals surface area contributed by atoms with Crippen LogP contribution in [0.4, 0.5) is 8.78 Å². The van der Waals surface area contributed by atoms with Crippen molar-refractivity contribution < 1.29 is 27.8 Å². The molecular weight excluding hydrogens is 308 g/mol. The molecule has 0 aliphatic carbocycles. The highest BCUT2D eigenvalue weighted by molar-refractivity contribution is 5.78. The summed E-state index contributed by atoms with van der Waals surface area (Å²) in [4.78, 5) is 14.1. The van der Waals surface area contributed by atoms with Gasteiger partial charge in [0.05, 0.1) is 19.3 Å². The van der Waals surface area contributed by atoms with Crippen LogP contribution in [0.3, 0.4) is 0 Å². The third kappa shape index (κ3) is 3.79. The second-order valence-electron chi connectivity index (χ2n) is 5.62. The fourth-order valence-electron chi connectivity index (χ4n) is 2.96. The van der Waals surface area contributed by atoms with Gasteiger partial charge in [-0.3, -0.25) is 4.79 Å². The summed E-state index contributed by atoms with van der Waals surface area (Å²) in [6, 6.07) is 2.85. The number of carbonyl (C=O) groups is 1. The van der Waals surface area contributed by atoms with Gasteiger partial charge in [0.1, 0.15) is 5.82 Å². The second-order valence-corrected chi connectivity index (χ2v) is 5.62. The zero-order valence-electron chi connectivity index (χ0n) is 12.7. The lowest BCUT2D eigenvalue weighted by Gasteiger charge is -2.37. The number of likely N-dealkylation sites (tertiary alicyclic amines) is 1. The Labute approximate surface area is 133 Å². The van der Waals surface area contributed by atoms with Crippen molar-refractivity contribution in [2.45, 2.75) is 31.6 Å². The summed E-state index contributed by atoms with van der Waals surface area (Å²) in [6.45, 7) is 1.36. The number of halogens is 2. The first kappa shape index (κ1) is 16.1. The molecule has 0 bridgehead atoms. The van der Waals surface area contributed by atoms with Gasteiger partial charge in [-0.25, -0.2) is 8.78 Å². The fourth-order valence-corrected chi connectivity index (χ4v) is 2.96. The van der Waals surface area contributed by atoms with Crippen LogP contribution in [0.15, 0.2) is 18.2 Å². The minimum Gasteiger partial charge on any atom is -0.481 e. The van der Waals surface area contributed by atoms with E-state index >= 15 is 0 Å². The summed E-state index contributed by atoms with van der Waals surface area (Å²) in [5, 5.41) is 0. The Kier molecular flexibility index (Phi) is 5.07. The van der Waals surface area contributed by atoms with Crippen molar-refractivity contribution in [2.75, 3.05) is 26.4 Å². The average molecular weight is 327 g/mol. The molecule has 1 aromatic rings. The van der Waals surface area contributed by atoms with E-state index in [1.54, 1.807) is 4.90 Å². The molecule has 2 fully saturated rings. The summed E-state index contributed by atoms with van der Waals surface area (Å²) in [6.07, 6.45) is 2.31. The van der Waals surface area contributed by atoms with Crippen LogP contribution in [0, 0.1) is 11.6 Å². The minimum absolute atomic E-state index is 0.137. The van der Waals surface area contributed by atoms with E-state index in [2.05, 4.69) is 0 Å². The van der Waals surface area contributed by atoms with E-state index in [-0.39, 0.29) is 24.3 Å². The predicted octanol–water partition coefficient (Wildman–Crippen LogP) is 2.10. The number of carbonyl (C=O) groups excluding carboxylic acids is 1. The summed E-state index contributed by atoms with van der Waals surface area (Å²) in [5.41, 5.74) is 0. The van der Waals surface area contributed by atoms with E-state index in [1.807, 2.05) is 0 Å². The van der Waals surface area contributed by atoms with E-state index < -0.39 is 17.9 Å². The Bertz CT molecular complexity index is 563. The molecule has 7 heteroatoms. The van der Waals surface area contributed by atoms with E-state index in [9.17, 15) is 13.6 Å². The van der Waals surface area contributed by atoms with Gasteiger partial charge in [0.15, 0.2) is 24.5 Å². The Balaban J connectivity index is 1.61. The molecular formula is C16H19F2NO4. The average Bonchev–Trinajstić information content (AvgIpc) is 3.08. The Morgan fingerprint density at radius 3 is 2.78 bits per heavy atom. The van der Waals surface area contributed by atoms with Crippen LogP contribution >= 0.6 is 0 Å². The molecule has 2 aliphatic rings. The first-order valence-corrected chi connectivity index (χ1v) is 7.75. The van der Waals surface area contributed by atoms with Gasteiger partial charge in [0.2, 0.25) is 0 Å². The quantitative estimate of drug-likeness (QED) is 0.850. The van der Waals surface area contributed by atoms with Crippen molar-refractivity contribution in [2.24, 2.45) is 0 Å². The van der Waals surface area contributed by atoms with Gasteiger partial charge in [-0.2, -0.15) is 0 Å². The third-order valence-electron chi connectivity index (χ3n) is 4.08. The summed E-state index contributed by atoms with van der Waals surface area (Å²) in [5.74, 6) is -1.90. The van der Waals surface area contributed by atoms with Crippen molar-refractivity contribution in [3.05, 3.63) is 29.8 Å². The molecule has 2 saturated heterocycles. The molecule has 1 atom stereocenters. The number of nitrogens with zero attached hydrogens (tertiary/aromatic N) is 1. The molecule has 1 unspecified atom stereocenters. The smallest absolute Gasteiger partial charge is 0.260 e. The van der Waals surface area contributed by atoms with Crippen molar-refractivity contribution >= 4 is 5.91 Å². The van der Waals surface area contributed by atoms with Gasteiger partial charge >= 0.3 is 0 Å². The highest BCUT2D eigenvalue weighted by Gasteiger charge is 2.36. The van der Waals surface area contributed by atoms with Crippen LogP contribution in [-0.4, -0.2) is 49.5 Å². The Morgan fingerprint density at radius 2 is 2.04 bits per heavy atom. The number of hydrogen-bond donors (Lipinski definition) is 0. The maximum absolute atomic E-state index is 13.5. The number of piperidine rings is 1. The largest absolute Gasteiger partial charge is 0.481 e. The van der Waals surface area contributed by atoms with Gasteiger partial charge in [-0.15, -0.1) is 0 Å². The maximum Gasteiger partial charge on any atom is 0.260 e. The molecule has 23 heavy (non-hydrogen) atoms. The minimum atomic E-state index is -0.824. The first-order chi connectivity index (χ1) is 11.1. The molecule has 0 radical (unpaired) electrons. The normalized spacial score (nSPS) is 22.3. The summed E-state index contributed by atoms with van der Waals surface area (Å²) < 4.78 is 42.6. The SMILES string of the molecule is O=C(COc1ccc(F)cc1F)N1CCCCC1C1OCCO1. The zero-order chi connectivity index (χ0) is 16.2. The monoisotopic (exact) mass is 327 g/mol. The lowest BCUT2D eigenvalue weighted by atomic mass is 10.0. The standard InChI is InChI=1S/C16H19F2NO4/c17-11-4-5-14(12(18)9-11)23-10-15(20)19-6-2-1-3-13(19)16-21-7-8-22-16/h4-5,9,13,16H,1-3,6-8,10H2. The number of rotatable bonds is 4. The number of ether oxygens (including phenoxy) is 3. The molecule has 2 heterocycles. The zero-order valence-corrected chi connectivity index (χ0v) is 12.7. The van der Waals surface area contributed by atoms with Gasteiger partial charge in [0.25, 0.3) is 5.91 Å². The van der Waals surface area contributed by atoms with Gasteiger partial charge in [0, 0.05) is 12.6 Å². The lowest BCUT2D eigenvalue weighted by molar-refractivity contribution is -0.152. The van der Waals surface area contributed by atoms with Gasteiger partial charge in [-0.05, 0) is 31.4 Å². The van der Waals surface area contributed by atoms with Crippen molar-refractivity contribution in [3.8, 4) is 5.75 Å². The summed E-state index contributed by atoms with van der Waals surface area (Å²) in [7, 11) is 0. The van der Waals surface area contributed by atoms with Crippen LogP contribution in [0.2, 0.25) is 0 Å². The number of benzene rings is 1. The van der Waals surface area contributed by atoms with Crippen LogP contribution < -0.4 is 4.74 Å². The van der Waals surface area contributed by atoms with Crippen molar-refractivity contribution in [1.82, 2.24) is 4.90 Å². The van der Waals surface area contributed by atoms with Crippen LogP contribution in [0.1, 0.15) is 19.3 Å². The Hall–Kier alpha value is -1.73. The van der Waals surface area contributed by atoms with E-state index in [4.69, 9.17) is 14.2 Å². The fraction of sp³-hybridized carbons (Fsp3) is 0.562. The van der Waals surface area contributed by atoms with Crippen molar-refractivity contribution in [3.63, 3.8) is 0 Å². The van der Waals surface area contributed by atoms with Gasteiger partial charge in [-0.1, -0.05) is 0 Å². The second kappa shape index (κ2) is 7.23. The Morgan fingerprint density at radius 1 is 1.26 bits per heavy atom. The molecule has 0 spiro atoms. The van der Waals surface area contributed by atoms with Crippen LogP contribution in [0.25, 0.3) is 0 Å². The molecule has 5 nitrogen and oxygen atoms in total.